The predicted octanol–water partition coefficient (Wildman–Crippen LogP) is 6.06. The third-order valence-corrected chi connectivity index (χ3v) is 4.74. The molecule has 0 aliphatic heterocycles. The van der Waals surface area contributed by atoms with Crippen molar-refractivity contribution in [2.75, 3.05) is 14.1 Å². The summed E-state index contributed by atoms with van der Waals surface area (Å²) in [5.41, 5.74) is 2.93. The number of benzene rings is 2. The van der Waals surface area contributed by atoms with Crippen LogP contribution < -0.4 is 4.74 Å². The maximum absolute atomic E-state index is 12.3. The molecule has 144 valence electrons. The van der Waals surface area contributed by atoms with Crippen molar-refractivity contribution in [3.8, 4) is 5.75 Å². The normalized spacial score (nSPS) is 11.1. The second-order valence-electron chi connectivity index (χ2n) is 6.40. The van der Waals surface area contributed by atoms with Gasteiger partial charge in [-0.3, -0.25) is 4.31 Å². The summed E-state index contributed by atoms with van der Waals surface area (Å²) < 4.78 is 8.57. The lowest BCUT2D eigenvalue weighted by Gasteiger charge is -2.20. The number of ether oxygens (including phenoxy) is 1. The molecule has 0 bridgehead atoms. The van der Waals surface area contributed by atoms with Gasteiger partial charge in [0.05, 0.1) is 17.8 Å². The van der Waals surface area contributed by atoms with E-state index in [4.69, 9.17) is 16.3 Å². The van der Waals surface area contributed by atoms with Crippen LogP contribution in [-0.2, 0) is 0 Å². The molecule has 2 rings (SSSR count). The topological polar surface area (TPSA) is 45.1 Å². The number of hydrogen-bond donors (Lipinski definition) is 0. The van der Waals surface area contributed by atoms with Crippen LogP contribution in [0.4, 0.5) is 10.5 Å². The summed E-state index contributed by atoms with van der Waals surface area (Å²) in [6, 6.07) is 13.1. The first kappa shape index (κ1) is 21.1. The Kier molecular flexibility index (Phi) is 7.56. The van der Waals surface area contributed by atoms with Gasteiger partial charge in [-0.2, -0.15) is 0 Å². The van der Waals surface area contributed by atoms with Gasteiger partial charge in [0.2, 0.25) is 0 Å². The van der Waals surface area contributed by atoms with E-state index in [1.54, 1.807) is 29.8 Å². The summed E-state index contributed by atoms with van der Waals surface area (Å²) in [4.78, 5) is 16.7. The lowest BCUT2D eigenvalue weighted by molar-refractivity contribution is 0.187. The van der Waals surface area contributed by atoms with Crippen molar-refractivity contribution >= 4 is 41.9 Å². The highest BCUT2D eigenvalue weighted by Gasteiger charge is 2.14. The molecule has 5 nitrogen and oxygen atoms in total. The maximum Gasteiger partial charge on any atom is 0.426 e. The van der Waals surface area contributed by atoms with Crippen molar-refractivity contribution in [1.29, 1.82) is 0 Å². The van der Waals surface area contributed by atoms with Crippen LogP contribution in [0.1, 0.15) is 30.9 Å². The third-order valence-electron chi connectivity index (χ3n) is 3.76. The van der Waals surface area contributed by atoms with E-state index in [0.29, 0.717) is 16.7 Å². The summed E-state index contributed by atoms with van der Waals surface area (Å²) >= 11 is 7.13. The highest BCUT2D eigenvalue weighted by atomic mass is 35.5. The highest BCUT2D eigenvalue weighted by molar-refractivity contribution is 7.95. The molecule has 2 aromatic rings. The second-order valence-corrected chi connectivity index (χ2v) is 8.12. The Morgan fingerprint density at radius 3 is 2.63 bits per heavy atom. The van der Waals surface area contributed by atoms with E-state index in [-0.39, 0.29) is 0 Å². The largest absolute Gasteiger partial charge is 0.426 e. The Labute approximate surface area is 170 Å². The number of amides is 1. The fourth-order valence-electron chi connectivity index (χ4n) is 2.26. The Morgan fingerprint density at radius 2 is 1.96 bits per heavy atom. The first-order valence-corrected chi connectivity index (χ1v) is 9.64. The predicted molar refractivity (Wildman–Crippen MR) is 114 cm³/mol. The number of aliphatic imine (C=N–C) groups is 1. The Hall–Kier alpha value is -2.18. The Balaban J connectivity index is 1.93. The van der Waals surface area contributed by atoms with Crippen LogP contribution in [0.5, 0.6) is 5.75 Å². The average molecular weight is 406 g/mol. The van der Waals surface area contributed by atoms with Crippen LogP contribution in [-0.4, -0.2) is 35.1 Å². The van der Waals surface area contributed by atoms with Gasteiger partial charge in [-0.25, -0.2) is 14.1 Å². The van der Waals surface area contributed by atoms with Gasteiger partial charge in [-0.15, -0.1) is 0 Å². The average Bonchev–Trinajstić information content (AvgIpc) is 2.61. The minimum atomic E-state index is -0.455. The molecular weight excluding hydrogens is 382 g/mol. The lowest BCUT2D eigenvalue weighted by atomic mass is 10.0. The van der Waals surface area contributed by atoms with Gasteiger partial charge in [-0.05, 0) is 54.3 Å². The number of aryl methyl sites for hydroxylation is 1. The van der Waals surface area contributed by atoms with Gasteiger partial charge < -0.3 is 4.74 Å². The van der Waals surface area contributed by atoms with E-state index in [0.717, 1.165) is 16.8 Å². The summed E-state index contributed by atoms with van der Waals surface area (Å²) in [6.45, 7) is 6.14. The van der Waals surface area contributed by atoms with Crippen molar-refractivity contribution in [3.05, 3.63) is 58.6 Å². The molecule has 0 aliphatic carbocycles. The van der Waals surface area contributed by atoms with Crippen molar-refractivity contribution in [2.45, 2.75) is 26.7 Å². The fraction of sp³-hybridized carbons (Fsp3) is 0.300. The van der Waals surface area contributed by atoms with Crippen molar-refractivity contribution in [2.24, 2.45) is 4.99 Å². The zero-order valence-electron chi connectivity index (χ0n) is 16.1. The molecule has 0 atom stereocenters. The molecule has 27 heavy (non-hydrogen) atoms. The smallest absolute Gasteiger partial charge is 0.410 e. The molecule has 0 saturated heterocycles. The molecule has 0 aliphatic rings. The molecule has 0 saturated carbocycles. The lowest BCUT2D eigenvalue weighted by Crippen LogP contribution is -2.27. The van der Waals surface area contributed by atoms with E-state index < -0.39 is 6.09 Å². The quantitative estimate of drug-likeness (QED) is 0.333. The minimum absolute atomic E-state index is 0.370. The van der Waals surface area contributed by atoms with Crippen molar-refractivity contribution in [3.63, 3.8) is 0 Å². The van der Waals surface area contributed by atoms with Crippen molar-refractivity contribution in [1.82, 2.24) is 8.61 Å². The van der Waals surface area contributed by atoms with Crippen LogP contribution in [0, 0.1) is 6.92 Å². The van der Waals surface area contributed by atoms with Crippen LogP contribution in [0.15, 0.2) is 47.5 Å². The van der Waals surface area contributed by atoms with Gasteiger partial charge in [-0.1, -0.05) is 37.6 Å². The Bertz CT molecular complexity index is 827. The van der Waals surface area contributed by atoms with Crippen LogP contribution in [0.2, 0.25) is 5.02 Å². The maximum atomic E-state index is 12.3. The summed E-state index contributed by atoms with van der Waals surface area (Å²) in [5.74, 6) is 0.904. The first-order chi connectivity index (χ1) is 12.8. The van der Waals surface area contributed by atoms with Gasteiger partial charge in [0, 0.05) is 19.1 Å². The first-order valence-electron chi connectivity index (χ1n) is 8.53. The molecule has 2 aromatic carbocycles. The number of hydrogen-bond acceptors (Lipinski definition) is 4. The molecule has 0 spiro atoms. The summed E-state index contributed by atoms with van der Waals surface area (Å²) in [6.07, 6.45) is 1.19. The van der Waals surface area contributed by atoms with E-state index in [9.17, 15) is 4.79 Å². The zero-order valence-corrected chi connectivity index (χ0v) is 17.7. The monoisotopic (exact) mass is 405 g/mol. The SMILES string of the molecule is Cc1cc(Cl)ccc1N=CN(C)SN(C)C(=O)Oc1cccc(C(C)C)c1. The van der Waals surface area contributed by atoms with Gasteiger partial charge >= 0.3 is 6.09 Å². The molecule has 0 aromatic heterocycles. The van der Waals surface area contributed by atoms with Gasteiger partial charge in [0.25, 0.3) is 0 Å². The number of rotatable bonds is 6. The van der Waals surface area contributed by atoms with Crippen LogP contribution in [0.25, 0.3) is 0 Å². The minimum Gasteiger partial charge on any atom is -0.410 e. The third kappa shape index (κ3) is 6.48. The fourth-order valence-corrected chi connectivity index (χ4v) is 3.06. The van der Waals surface area contributed by atoms with Gasteiger partial charge in [0.15, 0.2) is 0 Å². The number of carbonyl (C=O) groups is 1. The molecule has 1 amide bonds. The molecule has 0 heterocycles. The van der Waals surface area contributed by atoms with Crippen molar-refractivity contribution < 1.29 is 9.53 Å². The standard InChI is InChI=1S/C20H24ClN3O2S/c1-14(2)16-7-6-8-18(12-16)26-20(25)24(5)27-23(4)13-22-19-10-9-17(21)11-15(19)3/h6-14H,1-5H3. The molecular formula is C20H24ClN3O2S. The number of halogens is 1. The molecule has 0 fully saturated rings. The van der Waals surface area contributed by atoms with Crippen LogP contribution >= 0.6 is 23.7 Å². The number of carbonyl (C=O) groups excluding carboxylic acids is 1. The molecule has 7 heteroatoms. The summed E-state index contributed by atoms with van der Waals surface area (Å²) in [5, 5.41) is 0.679. The number of nitrogens with zero attached hydrogens (tertiary/aromatic N) is 3. The highest BCUT2D eigenvalue weighted by Crippen LogP contribution is 2.23. The van der Waals surface area contributed by atoms with E-state index in [1.807, 2.05) is 44.3 Å². The van der Waals surface area contributed by atoms with E-state index >= 15 is 0 Å². The summed E-state index contributed by atoms with van der Waals surface area (Å²) in [7, 11) is 3.46. The second kappa shape index (κ2) is 9.67. The molecule has 0 unspecified atom stereocenters. The van der Waals surface area contributed by atoms with Gasteiger partial charge in [0.1, 0.15) is 12.1 Å². The molecule has 0 N–H and O–H groups in total. The van der Waals surface area contributed by atoms with E-state index in [2.05, 4.69) is 18.8 Å². The zero-order chi connectivity index (χ0) is 20.0. The van der Waals surface area contributed by atoms with Crippen LogP contribution in [0.3, 0.4) is 0 Å². The Morgan fingerprint density at radius 1 is 1.22 bits per heavy atom. The molecule has 0 radical (unpaired) electrons. The van der Waals surface area contributed by atoms with E-state index in [1.165, 1.54) is 16.4 Å².